The molecule has 0 bridgehead atoms. The van der Waals surface area contributed by atoms with Gasteiger partial charge in [0.2, 0.25) is 5.91 Å². The van der Waals surface area contributed by atoms with Crippen LogP contribution in [0.2, 0.25) is 0 Å². The number of carbonyl (C=O) groups is 1. The Morgan fingerprint density at radius 3 is 2.61 bits per heavy atom. The lowest BCUT2D eigenvalue weighted by Crippen LogP contribution is -2.25. The summed E-state index contributed by atoms with van der Waals surface area (Å²) in [5.41, 5.74) is 2.93. The Morgan fingerprint density at radius 1 is 1.28 bits per heavy atom. The topological polar surface area (TPSA) is 29.1 Å². The lowest BCUT2D eigenvalue weighted by molar-refractivity contribution is -0.120. The van der Waals surface area contributed by atoms with Gasteiger partial charge in [-0.25, -0.2) is 0 Å². The van der Waals surface area contributed by atoms with Gasteiger partial charge in [0, 0.05) is 5.69 Å². The molecule has 1 amide bonds. The van der Waals surface area contributed by atoms with Crippen LogP contribution in [0.3, 0.4) is 0 Å². The second-order valence-electron chi connectivity index (χ2n) is 5.50. The first-order valence-electron chi connectivity index (χ1n) is 6.23. The average molecular weight is 284 g/mol. The highest BCUT2D eigenvalue weighted by Crippen LogP contribution is 2.64. The highest BCUT2D eigenvalue weighted by molar-refractivity contribution is 6.53. The Hall–Kier alpha value is -0.730. The van der Waals surface area contributed by atoms with Gasteiger partial charge in [-0.15, -0.1) is 23.2 Å². The third kappa shape index (κ3) is 1.83. The Labute approximate surface area is 117 Å². The van der Waals surface area contributed by atoms with Crippen molar-refractivity contribution in [2.75, 3.05) is 5.32 Å². The van der Waals surface area contributed by atoms with E-state index in [0.29, 0.717) is 6.42 Å². The van der Waals surface area contributed by atoms with E-state index in [1.165, 1.54) is 17.5 Å². The minimum atomic E-state index is -0.909. The maximum Gasteiger partial charge on any atom is 0.233 e. The standard InChI is InChI=1S/C14H15Cl2NO/c1-13(8-14(13,15)16)12(18)17-11-6-5-9-3-2-4-10(9)7-11/h5-7H,2-4,8H2,1H3,(H,17,18). The molecule has 18 heavy (non-hydrogen) atoms. The molecular weight excluding hydrogens is 269 g/mol. The number of rotatable bonds is 2. The van der Waals surface area contributed by atoms with Gasteiger partial charge >= 0.3 is 0 Å². The van der Waals surface area contributed by atoms with Crippen LogP contribution in [-0.2, 0) is 17.6 Å². The van der Waals surface area contributed by atoms with Crippen molar-refractivity contribution in [3.05, 3.63) is 29.3 Å². The molecule has 1 N–H and O–H groups in total. The van der Waals surface area contributed by atoms with Crippen molar-refractivity contribution in [2.45, 2.75) is 36.9 Å². The van der Waals surface area contributed by atoms with Crippen LogP contribution in [0.25, 0.3) is 0 Å². The quantitative estimate of drug-likeness (QED) is 0.824. The third-order valence-electron chi connectivity index (χ3n) is 4.12. The molecule has 2 nitrogen and oxygen atoms in total. The second-order valence-corrected chi connectivity index (χ2v) is 6.99. The third-order valence-corrected chi connectivity index (χ3v) is 5.22. The molecule has 0 spiro atoms. The van der Waals surface area contributed by atoms with Crippen molar-refractivity contribution in [1.82, 2.24) is 0 Å². The van der Waals surface area contributed by atoms with E-state index in [0.717, 1.165) is 18.5 Å². The minimum absolute atomic E-state index is 0.0922. The molecule has 2 aliphatic carbocycles. The normalized spacial score (nSPS) is 27.7. The Bertz CT molecular complexity index is 527. The van der Waals surface area contributed by atoms with Gasteiger partial charge in [-0.2, -0.15) is 0 Å². The lowest BCUT2D eigenvalue weighted by atomic mass is 10.1. The monoisotopic (exact) mass is 283 g/mol. The molecule has 0 aliphatic heterocycles. The summed E-state index contributed by atoms with van der Waals surface area (Å²) in [5.74, 6) is -0.0922. The van der Waals surface area contributed by atoms with Crippen molar-refractivity contribution in [3.8, 4) is 0 Å². The molecule has 1 atom stereocenters. The number of alkyl halides is 2. The number of hydrogen-bond acceptors (Lipinski definition) is 1. The fourth-order valence-electron chi connectivity index (χ4n) is 2.56. The first kappa shape index (κ1) is 12.3. The van der Waals surface area contributed by atoms with Crippen LogP contribution in [0.5, 0.6) is 0 Å². The predicted molar refractivity (Wildman–Crippen MR) is 74.3 cm³/mol. The summed E-state index contributed by atoms with van der Waals surface area (Å²) < 4.78 is -0.909. The summed E-state index contributed by atoms with van der Waals surface area (Å²) in [6.45, 7) is 1.80. The van der Waals surface area contributed by atoms with E-state index in [-0.39, 0.29) is 5.91 Å². The van der Waals surface area contributed by atoms with Crippen molar-refractivity contribution in [3.63, 3.8) is 0 Å². The minimum Gasteiger partial charge on any atom is -0.326 e. The molecule has 96 valence electrons. The maximum atomic E-state index is 12.1. The fourth-order valence-corrected chi connectivity index (χ4v) is 3.27. The van der Waals surface area contributed by atoms with Crippen LogP contribution >= 0.6 is 23.2 Å². The van der Waals surface area contributed by atoms with Gasteiger partial charge < -0.3 is 5.32 Å². The molecule has 0 radical (unpaired) electrons. The molecule has 1 saturated carbocycles. The van der Waals surface area contributed by atoms with Crippen molar-refractivity contribution in [2.24, 2.45) is 5.41 Å². The summed E-state index contributed by atoms with van der Waals surface area (Å²) in [7, 11) is 0. The van der Waals surface area contributed by atoms with Crippen molar-refractivity contribution in [1.29, 1.82) is 0 Å². The number of benzene rings is 1. The number of amides is 1. The van der Waals surface area contributed by atoms with E-state index < -0.39 is 9.75 Å². The Balaban J connectivity index is 1.76. The fraction of sp³-hybridized carbons (Fsp3) is 0.500. The molecule has 1 unspecified atom stereocenters. The molecule has 3 rings (SSSR count). The first-order valence-corrected chi connectivity index (χ1v) is 6.99. The van der Waals surface area contributed by atoms with E-state index in [1.807, 2.05) is 6.07 Å². The summed E-state index contributed by atoms with van der Waals surface area (Å²) >= 11 is 12.0. The first-order chi connectivity index (χ1) is 8.42. The highest BCUT2D eigenvalue weighted by Gasteiger charge is 2.67. The summed E-state index contributed by atoms with van der Waals surface area (Å²) in [4.78, 5) is 12.1. The molecule has 1 aromatic carbocycles. The Morgan fingerprint density at radius 2 is 1.94 bits per heavy atom. The Kier molecular flexibility index (Phi) is 2.65. The number of anilines is 1. The van der Waals surface area contributed by atoms with E-state index >= 15 is 0 Å². The second kappa shape index (κ2) is 3.88. The van der Waals surface area contributed by atoms with Crippen LogP contribution < -0.4 is 5.32 Å². The van der Waals surface area contributed by atoms with Gasteiger partial charge in [-0.05, 0) is 55.9 Å². The molecule has 4 heteroatoms. The highest BCUT2D eigenvalue weighted by atomic mass is 35.5. The van der Waals surface area contributed by atoms with E-state index in [1.54, 1.807) is 6.92 Å². The van der Waals surface area contributed by atoms with Gasteiger partial charge in [-0.3, -0.25) is 4.79 Å². The molecule has 1 fully saturated rings. The SMILES string of the molecule is CC1(C(=O)Nc2ccc3c(c2)CCC3)CC1(Cl)Cl. The van der Waals surface area contributed by atoms with Gasteiger partial charge in [0.1, 0.15) is 4.33 Å². The van der Waals surface area contributed by atoms with Crippen LogP contribution in [0.4, 0.5) is 5.69 Å². The molecule has 0 saturated heterocycles. The van der Waals surface area contributed by atoms with E-state index in [9.17, 15) is 4.79 Å². The average Bonchev–Trinajstić information content (AvgIpc) is 2.68. The number of hydrogen-bond donors (Lipinski definition) is 1. The molecular formula is C14H15Cl2NO. The van der Waals surface area contributed by atoms with E-state index in [4.69, 9.17) is 23.2 Å². The zero-order valence-corrected chi connectivity index (χ0v) is 11.7. The van der Waals surface area contributed by atoms with Crippen LogP contribution in [0.1, 0.15) is 30.9 Å². The van der Waals surface area contributed by atoms with Gasteiger partial charge in [0.15, 0.2) is 0 Å². The maximum absolute atomic E-state index is 12.1. The lowest BCUT2D eigenvalue weighted by Gasteiger charge is -2.13. The van der Waals surface area contributed by atoms with Gasteiger partial charge in [0.25, 0.3) is 0 Å². The largest absolute Gasteiger partial charge is 0.326 e. The van der Waals surface area contributed by atoms with Crippen LogP contribution in [-0.4, -0.2) is 10.2 Å². The van der Waals surface area contributed by atoms with Crippen LogP contribution in [0.15, 0.2) is 18.2 Å². The number of fused-ring (bicyclic) bond motifs is 1. The molecule has 0 heterocycles. The number of carbonyl (C=O) groups excluding carboxylic acids is 1. The number of halogens is 2. The van der Waals surface area contributed by atoms with Gasteiger partial charge in [-0.1, -0.05) is 6.07 Å². The number of nitrogens with one attached hydrogen (secondary N) is 1. The summed E-state index contributed by atoms with van der Waals surface area (Å²) in [6, 6.07) is 6.12. The van der Waals surface area contributed by atoms with Crippen molar-refractivity contribution < 1.29 is 4.79 Å². The molecule has 0 aromatic heterocycles. The number of aryl methyl sites for hydroxylation is 2. The van der Waals surface area contributed by atoms with E-state index in [2.05, 4.69) is 17.4 Å². The zero-order chi connectivity index (χ0) is 13.0. The molecule has 2 aliphatic rings. The summed E-state index contributed by atoms with van der Waals surface area (Å²) in [6.07, 6.45) is 3.97. The smallest absolute Gasteiger partial charge is 0.233 e. The van der Waals surface area contributed by atoms with Gasteiger partial charge in [0.05, 0.1) is 5.41 Å². The van der Waals surface area contributed by atoms with Crippen molar-refractivity contribution >= 4 is 34.8 Å². The predicted octanol–water partition coefficient (Wildman–Crippen LogP) is 3.70. The van der Waals surface area contributed by atoms with Crippen LogP contribution in [0, 0.1) is 5.41 Å². The summed E-state index contributed by atoms with van der Waals surface area (Å²) in [5, 5.41) is 2.92. The zero-order valence-electron chi connectivity index (χ0n) is 10.2. The molecule has 1 aromatic rings.